The van der Waals surface area contributed by atoms with Crippen LogP contribution in [0.1, 0.15) is 0 Å². The van der Waals surface area contributed by atoms with Crippen molar-refractivity contribution in [3.63, 3.8) is 0 Å². The Morgan fingerprint density at radius 3 is 2.53 bits per heavy atom. The highest BCUT2D eigenvalue weighted by Crippen LogP contribution is 2.34. The highest BCUT2D eigenvalue weighted by molar-refractivity contribution is 7.99. The number of hydrogen-bond acceptors (Lipinski definition) is 2. The van der Waals surface area contributed by atoms with Crippen LogP contribution in [0.15, 0.2) is 64.5 Å². The third-order valence-corrected chi connectivity index (χ3v) is 3.60. The molecule has 1 heterocycles. The van der Waals surface area contributed by atoms with Crippen molar-refractivity contribution >= 4 is 22.7 Å². The zero-order chi connectivity index (χ0) is 11.7. The van der Waals surface area contributed by atoms with E-state index in [-0.39, 0.29) is 0 Å². The molecule has 1 aromatic heterocycles. The Labute approximate surface area is 103 Å². The van der Waals surface area contributed by atoms with Crippen molar-refractivity contribution in [3.05, 3.63) is 54.6 Å². The molecular formula is C14H11NOS. The maximum absolute atomic E-state index is 9.71. The molecule has 0 aliphatic heterocycles. The van der Waals surface area contributed by atoms with Crippen LogP contribution in [0.2, 0.25) is 0 Å². The number of benzene rings is 2. The molecule has 3 rings (SSSR count). The largest absolute Gasteiger partial charge is 0.507 e. The van der Waals surface area contributed by atoms with Crippen molar-refractivity contribution in [1.82, 2.24) is 4.98 Å². The molecule has 0 fully saturated rings. The predicted molar refractivity (Wildman–Crippen MR) is 70.5 cm³/mol. The molecule has 0 amide bonds. The molecule has 84 valence electrons. The van der Waals surface area contributed by atoms with Crippen LogP contribution in [0.3, 0.4) is 0 Å². The molecule has 0 saturated heterocycles. The minimum absolute atomic E-state index is 0.316. The normalized spacial score (nSPS) is 10.8. The molecule has 3 heteroatoms. The van der Waals surface area contributed by atoms with Gasteiger partial charge in [-0.2, -0.15) is 0 Å². The number of H-pyrrole nitrogens is 1. The fourth-order valence-electron chi connectivity index (χ4n) is 1.76. The Morgan fingerprint density at radius 1 is 0.941 bits per heavy atom. The van der Waals surface area contributed by atoms with Gasteiger partial charge in [0.05, 0.1) is 9.92 Å². The van der Waals surface area contributed by atoms with Crippen molar-refractivity contribution in [3.8, 4) is 5.75 Å². The Kier molecular flexibility index (Phi) is 2.53. The maximum atomic E-state index is 9.71. The average molecular weight is 241 g/mol. The summed E-state index contributed by atoms with van der Waals surface area (Å²) in [5.41, 5.74) is 1.12. The highest BCUT2D eigenvalue weighted by atomic mass is 32.2. The molecule has 2 aromatic carbocycles. The number of fused-ring (bicyclic) bond motifs is 1. The van der Waals surface area contributed by atoms with Gasteiger partial charge in [0.25, 0.3) is 0 Å². The lowest BCUT2D eigenvalue weighted by atomic mass is 10.3. The highest BCUT2D eigenvalue weighted by Gasteiger charge is 2.05. The third-order valence-electron chi connectivity index (χ3n) is 2.59. The first-order valence-corrected chi connectivity index (χ1v) is 6.18. The van der Waals surface area contributed by atoms with Gasteiger partial charge in [-0.15, -0.1) is 0 Å². The van der Waals surface area contributed by atoms with Gasteiger partial charge in [0.2, 0.25) is 0 Å². The van der Waals surface area contributed by atoms with E-state index in [1.165, 1.54) is 17.1 Å². The van der Waals surface area contributed by atoms with E-state index in [0.29, 0.717) is 5.75 Å². The van der Waals surface area contributed by atoms with Crippen molar-refractivity contribution < 1.29 is 5.11 Å². The summed E-state index contributed by atoms with van der Waals surface area (Å²) in [6, 6.07) is 17.6. The lowest BCUT2D eigenvalue weighted by molar-refractivity contribution is 0.462. The molecule has 0 aliphatic rings. The SMILES string of the molecule is Oc1ccccc1Sc1cc2ccccc2[nH]1. The summed E-state index contributed by atoms with van der Waals surface area (Å²) in [6.45, 7) is 0. The van der Waals surface area contributed by atoms with E-state index in [0.717, 1.165) is 15.4 Å². The van der Waals surface area contributed by atoms with Gasteiger partial charge < -0.3 is 10.1 Å². The van der Waals surface area contributed by atoms with Gasteiger partial charge in [0, 0.05) is 10.9 Å². The Hall–Kier alpha value is -1.87. The van der Waals surface area contributed by atoms with Gasteiger partial charge in [-0.05, 0) is 24.3 Å². The summed E-state index contributed by atoms with van der Waals surface area (Å²) in [4.78, 5) is 4.18. The first kappa shape index (κ1) is 10.3. The van der Waals surface area contributed by atoms with E-state index in [9.17, 15) is 5.11 Å². The summed E-state index contributed by atoms with van der Waals surface area (Å²) in [5, 5.41) is 11.9. The molecule has 0 atom stereocenters. The molecule has 2 nitrogen and oxygen atoms in total. The van der Waals surface area contributed by atoms with Gasteiger partial charge >= 0.3 is 0 Å². The van der Waals surface area contributed by atoms with Gasteiger partial charge in [-0.25, -0.2) is 0 Å². The number of phenolic OH excluding ortho intramolecular Hbond substituents is 1. The molecule has 0 aliphatic carbocycles. The van der Waals surface area contributed by atoms with Crippen LogP contribution in [0.4, 0.5) is 0 Å². The zero-order valence-electron chi connectivity index (χ0n) is 9.05. The lowest BCUT2D eigenvalue weighted by Gasteiger charge is -2.00. The minimum Gasteiger partial charge on any atom is -0.507 e. The van der Waals surface area contributed by atoms with Crippen molar-refractivity contribution in [1.29, 1.82) is 0 Å². The van der Waals surface area contributed by atoms with Crippen LogP contribution in [-0.4, -0.2) is 10.1 Å². The first-order valence-electron chi connectivity index (χ1n) is 5.36. The van der Waals surface area contributed by atoms with Crippen LogP contribution in [0.25, 0.3) is 10.9 Å². The Balaban J connectivity index is 1.98. The number of aromatic nitrogens is 1. The Bertz CT molecular complexity index is 627. The molecule has 0 saturated carbocycles. The van der Waals surface area contributed by atoms with Crippen LogP contribution >= 0.6 is 11.8 Å². The topological polar surface area (TPSA) is 36.0 Å². The number of aromatic hydroxyl groups is 1. The third kappa shape index (κ3) is 2.01. The first-order chi connectivity index (χ1) is 8.33. The second-order valence-electron chi connectivity index (χ2n) is 3.79. The Morgan fingerprint density at radius 2 is 1.71 bits per heavy atom. The van der Waals surface area contributed by atoms with Gasteiger partial charge in [0.1, 0.15) is 5.75 Å². The summed E-state index contributed by atoms with van der Waals surface area (Å²) < 4.78 is 0. The van der Waals surface area contributed by atoms with Gasteiger partial charge in [-0.1, -0.05) is 42.1 Å². The van der Waals surface area contributed by atoms with E-state index >= 15 is 0 Å². The second-order valence-corrected chi connectivity index (χ2v) is 4.87. The van der Waals surface area contributed by atoms with Crippen molar-refractivity contribution in [2.45, 2.75) is 9.92 Å². The van der Waals surface area contributed by atoms with Crippen LogP contribution < -0.4 is 0 Å². The molecular weight excluding hydrogens is 230 g/mol. The second kappa shape index (κ2) is 4.18. The standard InChI is InChI=1S/C14H11NOS/c16-12-7-3-4-8-13(12)17-14-9-10-5-1-2-6-11(10)15-14/h1-9,15-16H. The van der Waals surface area contributed by atoms with Gasteiger partial charge in [0.15, 0.2) is 0 Å². The number of phenols is 1. The average Bonchev–Trinajstić information content (AvgIpc) is 2.74. The lowest BCUT2D eigenvalue weighted by Crippen LogP contribution is -1.74. The van der Waals surface area contributed by atoms with Crippen LogP contribution in [0, 0.1) is 0 Å². The fourth-order valence-corrected chi connectivity index (χ4v) is 2.67. The summed E-state index contributed by atoms with van der Waals surface area (Å²) >= 11 is 1.53. The number of aromatic amines is 1. The van der Waals surface area contributed by atoms with E-state index < -0.39 is 0 Å². The fraction of sp³-hybridized carbons (Fsp3) is 0. The minimum atomic E-state index is 0.316. The molecule has 0 radical (unpaired) electrons. The summed E-state index contributed by atoms with van der Waals surface area (Å²) in [5.74, 6) is 0.316. The number of para-hydroxylation sites is 2. The molecule has 2 N–H and O–H groups in total. The summed E-state index contributed by atoms with van der Waals surface area (Å²) in [7, 11) is 0. The molecule has 0 unspecified atom stereocenters. The molecule has 17 heavy (non-hydrogen) atoms. The molecule has 3 aromatic rings. The monoisotopic (exact) mass is 241 g/mol. The van der Waals surface area contributed by atoms with E-state index in [2.05, 4.69) is 17.1 Å². The number of rotatable bonds is 2. The smallest absolute Gasteiger partial charge is 0.129 e. The predicted octanol–water partition coefficient (Wildman–Crippen LogP) is 4.02. The summed E-state index contributed by atoms with van der Waals surface area (Å²) in [6.07, 6.45) is 0. The van der Waals surface area contributed by atoms with E-state index in [1.807, 2.05) is 36.4 Å². The maximum Gasteiger partial charge on any atom is 0.129 e. The van der Waals surface area contributed by atoms with Crippen molar-refractivity contribution in [2.75, 3.05) is 0 Å². The molecule has 0 spiro atoms. The number of hydrogen-bond donors (Lipinski definition) is 2. The molecule has 0 bridgehead atoms. The van der Waals surface area contributed by atoms with Crippen molar-refractivity contribution in [2.24, 2.45) is 0 Å². The van der Waals surface area contributed by atoms with E-state index in [4.69, 9.17) is 0 Å². The van der Waals surface area contributed by atoms with Gasteiger partial charge in [-0.3, -0.25) is 0 Å². The zero-order valence-corrected chi connectivity index (χ0v) is 9.87. The quantitative estimate of drug-likeness (QED) is 0.710. The van der Waals surface area contributed by atoms with E-state index in [1.54, 1.807) is 6.07 Å². The van der Waals surface area contributed by atoms with Crippen LogP contribution in [-0.2, 0) is 0 Å². The number of nitrogens with one attached hydrogen (secondary N) is 1. The van der Waals surface area contributed by atoms with Crippen LogP contribution in [0.5, 0.6) is 5.75 Å².